The summed E-state index contributed by atoms with van der Waals surface area (Å²) in [4.78, 5) is 15.2. The first-order valence-electron chi connectivity index (χ1n) is 5.47. The van der Waals surface area contributed by atoms with Crippen molar-refractivity contribution in [2.45, 2.75) is 13.8 Å². The number of rotatable bonds is 3. The van der Waals surface area contributed by atoms with Gasteiger partial charge < -0.3 is 4.74 Å². The molecule has 0 spiro atoms. The van der Waals surface area contributed by atoms with E-state index in [1.165, 1.54) is 25.3 Å². The standard InChI is InChI=1S/C14H12FNO2/c1-9-3-4-12(15)13(7-9)18-14-8-11(10(2)17)5-6-16-14/h3-8H,1-2H3. The fraction of sp³-hybridized carbons (Fsp3) is 0.143. The van der Waals surface area contributed by atoms with Gasteiger partial charge in [0, 0.05) is 17.8 Å². The van der Waals surface area contributed by atoms with Crippen LogP contribution in [0, 0.1) is 12.7 Å². The average molecular weight is 245 g/mol. The van der Waals surface area contributed by atoms with Crippen molar-refractivity contribution >= 4 is 5.78 Å². The average Bonchev–Trinajstić information content (AvgIpc) is 2.34. The topological polar surface area (TPSA) is 39.2 Å². The van der Waals surface area contributed by atoms with Crippen LogP contribution in [0.4, 0.5) is 4.39 Å². The van der Waals surface area contributed by atoms with E-state index in [9.17, 15) is 9.18 Å². The first-order chi connectivity index (χ1) is 8.56. The Morgan fingerprint density at radius 1 is 1.28 bits per heavy atom. The van der Waals surface area contributed by atoms with Crippen molar-refractivity contribution in [2.75, 3.05) is 0 Å². The highest BCUT2D eigenvalue weighted by Crippen LogP contribution is 2.24. The molecule has 92 valence electrons. The molecule has 0 aliphatic heterocycles. The van der Waals surface area contributed by atoms with Crippen molar-refractivity contribution in [2.24, 2.45) is 0 Å². The Kier molecular flexibility index (Phi) is 3.37. The van der Waals surface area contributed by atoms with E-state index in [4.69, 9.17) is 4.74 Å². The Morgan fingerprint density at radius 3 is 2.78 bits per heavy atom. The lowest BCUT2D eigenvalue weighted by atomic mass is 10.2. The van der Waals surface area contributed by atoms with Crippen LogP contribution in [0.2, 0.25) is 0 Å². The van der Waals surface area contributed by atoms with E-state index in [2.05, 4.69) is 4.98 Å². The van der Waals surface area contributed by atoms with Crippen LogP contribution < -0.4 is 4.74 Å². The zero-order valence-electron chi connectivity index (χ0n) is 10.1. The molecular weight excluding hydrogens is 233 g/mol. The zero-order valence-corrected chi connectivity index (χ0v) is 10.1. The second-order valence-electron chi connectivity index (χ2n) is 3.97. The molecule has 0 saturated heterocycles. The highest BCUT2D eigenvalue weighted by atomic mass is 19.1. The van der Waals surface area contributed by atoms with E-state index >= 15 is 0 Å². The lowest BCUT2D eigenvalue weighted by molar-refractivity contribution is 0.101. The molecule has 3 nitrogen and oxygen atoms in total. The van der Waals surface area contributed by atoms with Crippen LogP contribution in [0.25, 0.3) is 0 Å². The summed E-state index contributed by atoms with van der Waals surface area (Å²) in [6.07, 6.45) is 1.46. The van der Waals surface area contributed by atoms with Gasteiger partial charge in [-0.15, -0.1) is 0 Å². The summed E-state index contributed by atoms with van der Waals surface area (Å²) in [5, 5.41) is 0. The molecule has 0 radical (unpaired) electrons. The normalized spacial score (nSPS) is 10.2. The van der Waals surface area contributed by atoms with Gasteiger partial charge in [-0.3, -0.25) is 4.79 Å². The Morgan fingerprint density at radius 2 is 2.06 bits per heavy atom. The molecular formula is C14H12FNO2. The number of ether oxygens (including phenoxy) is 1. The fourth-order valence-electron chi connectivity index (χ4n) is 1.49. The molecule has 0 unspecified atom stereocenters. The van der Waals surface area contributed by atoms with Gasteiger partial charge in [-0.2, -0.15) is 0 Å². The van der Waals surface area contributed by atoms with Crippen molar-refractivity contribution in [3.63, 3.8) is 0 Å². The van der Waals surface area contributed by atoms with Crippen LogP contribution >= 0.6 is 0 Å². The summed E-state index contributed by atoms with van der Waals surface area (Å²) < 4.78 is 18.8. The molecule has 0 aliphatic carbocycles. The molecule has 18 heavy (non-hydrogen) atoms. The summed E-state index contributed by atoms with van der Waals surface area (Å²) in [6, 6.07) is 7.64. The van der Waals surface area contributed by atoms with Gasteiger partial charge in [0.2, 0.25) is 5.88 Å². The summed E-state index contributed by atoms with van der Waals surface area (Å²) in [5.41, 5.74) is 1.36. The molecule has 0 saturated carbocycles. The molecule has 1 aromatic carbocycles. The van der Waals surface area contributed by atoms with Gasteiger partial charge in [0.1, 0.15) is 0 Å². The largest absolute Gasteiger partial charge is 0.436 e. The van der Waals surface area contributed by atoms with Crippen LogP contribution in [0.5, 0.6) is 11.6 Å². The Balaban J connectivity index is 2.31. The number of hydrogen-bond acceptors (Lipinski definition) is 3. The lowest BCUT2D eigenvalue weighted by Crippen LogP contribution is -1.96. The number of nitrogens with zero attached hydrogens (tertiary/aromatic N) is 1. The van der Waals surface area contributed by atoms with E-state index in [0.717, 1.165) is 5.56 Å². The van der Waals surface area contributed by atoms with E-state index in [-0.39, 0.29) is 17.4 Å². The minimum absolute atomic E-state index is 0.0908. The predicted octanol–water partition coefficient (Wildman–Crippen LogP) is 3.52. The fourth-order valence-corrected chi connectivity index (χ4v) is 1.49. The van der Waals surface area contributed by atoms with Crippen molar-refractivity contribution < 1.29 is 13.9 Å². The summed E-state index contributed by atoms with van der Waals surface area (Å²) in [5.74, 6) is -0.252. The maximum absolute atomic E-state index is 13.5. The van der Waals surface area contributed by atoms with Gasteiger partial charge in [-0.05, 0) is 37.6 Å². The quantitative estimate of drug-likeness (QED) is 0.776. The van der Waals surface area contributed by atoms with E-state index in [0.29, 0.717) is 5.56 Å². The molecule has 0 fully saturated rings. The SMILES string of the molecule is CC(=O)c1ccnc(Oc2cc(C)ccc2F)c1. The first-order valence-corrected chi connectivity index (χ1v) is 5.47. The van der Waals surface area contributed by atoms with Gasteiger partial charge in [-0.1, -0.05) is 6.07 Å². The summed E-state index contributed by atoms with van der Waals surface area (Å²) in [7, 11) is 0. The highest BCUT2D eigenvalue weighted by molar-refractivity contribution is 5.94. The van der Waals surface area contributed by atoms with Gasteiger partial charge in [0.05, 0.1) is 0 Å². The molecule has 2 rings (SSSR count). The van der Waals surface area contributed by atoms with Gasteiger partial charge in [-0.25, -0.2) is 9.37 Å². The lowest BCUT2D eigenvalue weighted by Gasteiger charge is -2.07. The number of benzene rings is 1. The Labute approximate surface area is 104 Å². The minimum Gasteiger partial charge on any atom is -0.436 e. The number of aromatic nitrogens is 1. The number of carbonyl (C=O) groups excluding carboxylic acids is 1. The number of Topliss-reactive ketones (excluding diaryl/α,β-unsaturated/α-hetero) is 1. The third kappa shape index (κ3) is 2.71. The molecule has 1 aromatic heterocycles. The second kappa shape index (κ2) is 4.96. The number of aryl methyl sites for hydroxylation is 1. The van der Waals surface area contributed by atoms with Gasteiger partial charge >= 0.3 is 0 Å². The minimum atomic E-state index is -0.462. The van der Waals surface area contributed by atoms with Crippen LogP contribution in [0.15, 0.2) is 36.5 Å². The maximum atomic E-state index is 13.5. The van der Waals surface area contributed by atoms with E-state index in [1.807, 2.05) is 6.92 Å². The number of pyridine rings is 1. The van der Waals surface area contributed by atoms with Crippen LogP contribution in [-0.4, -0.2) is 10.8 Å². The Hall–Kier alpha value is -2.23. The molecule has 4 heteroatoms. The summed E-state index contributed by atoms with van der Waals surface area (Å²) in [6.45, 7) is 3.29. The number of hydrogen-bond donors (Lipinski definition) is 0. The zero-order chi connectivity index (χ0) is 13.1. The van der Waals surface area contributed by atoms with Crippen molar-refractivity contribution in [1.29, 1.82) is 0 Å². The van der Waals surface area contributed by atoms with E-state index in [1.54, 1.807) is 18.2 Å². The van der Waals surface area contributed by atoms with Gasteiger partial charge in [0.15, 0.2) is 17.3 Å². The Bertz CT molecular complexity index is 596. The van der Waals surface area contributed by atoms with Crippen molar-refractivity contribution in [1.82, 2.24) is 4.98 Å². The van der Waals surface area contributed by atoms with Gasteiger partial charge in [0.25, 0.3) is 0 Å². The van der Waals surface area contributed by atoms with Crippen molar-refractivity contribution in [3.8, 4) is 11.6 Å². The molecule has 2 aromatic rings. The maximum Gasteiger partial charge on any atom is 0.220 e. The molecule has 0 atom stereocenters. The highest BCUT2D eigenvalue weighted by Gasteiger charge is 2.07. The van der Waals surface area contributed by atoms with Crippen LogP contribution in [-0.2, 0) is 0 Å². The monoisotopic (exact) mass is 245 g/mol. The molecule has 0 aliphatic rings. The number of halogens is 1. The van der Waals surface area contributed by atoms with Crippen LogP contribution in [0.3, 0.4) is 0 Å². The third-order valence-corrected chi connectivity index (χ3v) is 2.44. The number of carbonyl (C=O) groups is 1. The van der Waals surface area contributed by atoms with Crippen LogP contribution in [0.1, 0.15) is 22.8 Å². The predicted molar refractivity (Wildman–Crippen MR) is 65.5 cm³/mol. The first kappa shape index (κ1) is 12.2. The smallest absolute Gasteiger partial charge is 0.220 e. The molecule has 0 N–H and O–H groups in total. The molecule has 1 heterocycles. The number of ketones is 1. The van der Waals surface area contributed by atoms with E-state index < -0.39 is 5.82 Å². The third-order valence-electron chi connectivity index (χ3n) is 2.44. The molecule has 0 amide bonds. The van der Waals surface area contributed by atoms with Crippen molar-refractivity contribution in [3.05, 3.63) is 53.5 Å². The molecule has 0 bridgehead atoms. The summed E-state index contributed by atoms with van der Waals surface area (Å²) >= 11 is 0. The second-order valence-corrected chi connectivity index (χ2v) is 3.97.